The van der Waals surface area contributed by atoms with Gasteiger partial charge in [-0.1, -0.05) is 102 Å². The standard InChI is InChI=1S/C28H22N2O2S/c31-25-16-15-22-13-7-8-14-23(22)24(25)17-26-27(32)30(19-21-11-5-2-6-12-21)28(33-26)29-18-20-9-3-1-4-10-20/h1-17,32H,18-19H2/b24-17+,29-28?. The second kappa shape index (κ2) is 9.27. The first-order chi connectivity index (χ1) is 16.2. The molecule has 162 valence electrons. The van der Waals surface area contributed by atoms with Gasteiger partial charge in [-0.3, -0.25) is 14.4 Å². The Morgan fingerprint density at radius 2 is 1.52 bits per heavy atom. The topological polar surface area (TPSA) is 54.6 Å². The van der Waals surface area contributed by atoms with Crippen molar-refractivity contribution in [3.05, 3.63) is 123 Å². The quantitative estimate of drug-likeness (QED) is 0.406. The molecule has 0 amide bonds. The number of hydrogen-bond donors (Lipinski definition) is 1. The second-order valence-electron chi connectivity index (χ2n) is 7.79. The number of nitrogens with zero attached hydrogens (tertiary/aromatic N) is 2. The third-order valence-corrected chi connectivity index (χ3v) is 6.59. The molecule has 33 heavy (non-hydrogen) atoms. The van der Waals surface area contributed by atoms with Crippen LogP contribution in [-0.4, -0.2) is 15.5 Å². The predicted molar refractivity (Wildman–Crippen MR) is 134 cm³/mol. The fourth-order valence-corrected chi connectivity index (χ4v) is 4.81. The molecule has 4 aromatic rings. The van der Waals surface area contributed by atoms with Gasteiger partial charge in [0.05, 0.1) is 18.0 Å². The molecule has 0 unspecified atom stereocenters. The molecule has 0 fully saturated rings. The van der Waals surface area contributed by atoms with E-state index in [1.165, 1.54) is 11.3 Å². The lowest BCUT2D eigenvalue weighted by Crippen LogP contribution is -2.15. The first-order valence-corrected chi connectivity index (χ1v) is 11.5. The van der Waals surface area contributed by atoms with Crippen LogP contribution in [0, 0.1) is 0 Å². The highest BCUT2D eigenvalue weighted by Gasteiger charge is 2.19. The zero-order chi connectivity index (χ0) is 22.6. The van der Waals surface area contributed by atoms with E-state index < -0.39 is 0 Å². The van der Waals surface area contributed by atoms with Gasteiger partial charge in [0, 0.05) is 5.57 Å². The van der Waals surface area contributed by atoms with Crippen molar-refractivity contribution in [2.45, 2.75) is 13.1 Å². The molecule has 1 N–H and O–H groups in total. The van der Waals surface area contributed by atoms with E-state index in [4.69, 9.17) is 4.99 Å². The van der Waals surface area contributed by atoms with E-state index in [0.29, 0.717) is 28.3 Å². The lowest BCUT2D eigenvalue weighted by Gasteiger charge is -2.12. The highest BCUT2D eigenvalue weighted by Crippen LogP contribution is 2.32. The molecule has 1 aliphatic carbocycles. The smallest absolute Gasteiger partial charge is 0.211 e. The minimum atomic E-state index is -0.0705. The molecule has 1 aromatic heterocycles. The molecule has 0 bridgehead atoms. The van der Waals surface area contributed by atoms with Crippen LogP contribution in [0.1, 0.15) is 27.1 Å². The summed E-state index contributed by atoms with van der Waals surface area (Å²) < 4.78 is 1.81. The van der Waals surface area contributed by atoms with Gasteiger partial charge in [0.25, 0.3) is 0 Å². The van der Waals surface area contributed by atoms with Crippen LogP contribution in [0.15, 0.2) is 96.0 Å². The summed E-state index contributed by atoms with van der Waals surface area (Å²) in [5, 5.41) is 11.2. The average Bonchev–Trinajstić information content (AvgIpc) is 3.15. The maximum absolute atomic E-state index is 12.7. The minimum Gasteiger partial charge on any atom is -0.493 e. The van der Waals surface area contributed by atoms with Crippen LogP contribution in [0.2, 0.25) is 0 Å². The van der Waals surface area contributed by atoms with Crippen LogP contribution >= 0.6 is 11.3 Å². The normalized spacial score (nSPS) is 14.6. The van der Waals surface area contributed by atoms with E-state index in [1.807, 2.05) is 95.6 Å². The van der Waals surface area contributed by atoms with Gasteiger partial charge in [0.1, 0.15) is 0 Å². The Bertz CT molecular complexity index is 1430. The number of benzene rings is 3. The van der Waals surface area contributed by atoms with E-state index in [9.17, 15) is 9.90 Å². The summed E-state index contributed by atoms with van der Waals surface area (Å²) in [4.78, 5) is 18.8. The van der Waals surface area contributed by atoms with Crippen LogP contribution in [0.4, 0.5) is 0 Å². The molecular formula is C28H22N2O2S. The van der Waals surface area contributed by atoms with Crippen molar-refractivity contribution in [2.75, 3.05) is 0 Å². The molecule has 0 aliphatic heterocycles. The molecule has 4 nitrogen and oxygen atoms in total. The van der Waals surface area contributed by atoms with Gasteiger partial charge in [-0.15, -0.1) is 0 Å². The number of aromatic hydroxyl groups is 1. The fourth-order valence-electron chi connectivity index (χ4n) is 3.84. The maximum Gasteiger partial charge on any atom is 0.211 e. The van der Waals surface area contributed by atoms with Gasteiger partial charge < -0.3 is 5.11 Å². The van der Waals surface area contributed by atoms with E-state index in [1.54, 1.807) is 12.2 Å². The van der Waals surface area contributed by atoms with E-state index in [-0.39, 0.29) is 11.7 Å². The van der Waals surface area contributed by atoms with Crippen molar-refractivity contribution in [2.24, 2.45) is 4.99 Å². The van der Waals surface area contributed by atoms with E-state index in [0.717, 1.165) is 22.3 Å². The predicted octanol–water partition coefficient (Wildman–Crippen LogP) is 5.54. The summed E-state index contributed by atoms with van der Waals surface area (Å²) >= 11 is 1.39. The van der Waals surface area contributed by atoms with Crippen LogP contribution < -0.4 is 4.80 Å². The number of carbonyl (C=O) groups is 1. The van der Waals surface area contributed by atoms with Gasteiger partial charge in [-0.2, -0.15) is 0 Å². The summed E-state index contributed by atoms with van der Waals surface area (Å²) in [5.41, 5.74) is 4.60. The Morgan fingerprint density at radius 1 is 0.848 bits per heavy atom. The summed E-state index contributed by atoms with van der Waals surface area (Å²) in [6.07, 6.45) is 5.20. The molecule has 0 spiro atoms. The fraction of sp³-hybridized carbons (Fsp3) is 0.0714. The Labute approximate surface area is 196 Å². The van der Waals surface area contributed by atoms with Gasteiger partial charge >= 0.3 is 0 Å². The number of thiazole rings is 1. The molecule has 0 saturated carbocycles. The molecular weight excluding hydrogens is 428 g/mol. The monoisotopic (exact) mass is 450 g/mol. The number of ketones is 1. The van der Waals surface area contributed by atoms with Crippen molar-refractivity contribution in [3.63, 3.8) is 0 Å². The third kappa shape index (κ3) is 4.49. The van der Waals surface area contributed by atoms with Gasteiger partial charge in [0.2, 0.25) is 5.88 Å². The number of aromatic nitrogens is 1. The number of allylic oxidation sites excluding steroid dienone is 2. The SMILES string of the molecule is O=C1C=Cc2ccccc2/C1=C\c1sc(=NCc2ccccc2)n(Cc2ccccc2)c1O. The Morgan fingerprint density at radius 3 is 2.27 bits per heavy atom. The average molecular weight is 451 g/mol. The first-order valence-electron chi connectivity index (χ1n) is 10.7. The molecule has 5 heteroatoms. The number of rotatable bonds is 5. The second-order valence-corrected chi connectivity index (χ2v) is 8.80. The Balaban J connectivity index is 1.60. The lowest BCUT2D eigenvalue weighted by atomic mass is 9.91. The molecule has 0 radical (unpaired) electrons. The van der Waals surface area contributed by atoms with Crippen LogP contribution in [0.3, 0.4) is 0 Å². The third-order valence-electron chi connectivity index (χ3n) is 5.54. The van der Waals surface area contributed by atoms with Crippen molar-refractivity contribution in [1.82, 2.24) is 4.57 Å². The largest absolute Gasteiger partial charge is 0.493 e. The number of hydrogen-bond acceptors (Lipinski definition) is 4. The van der Waals surface area contributed by atoms with E-state index >= 15 is 0 Å². The molecule has 0 atom stereocenters. The first kappa shape index (κ1) is 20.9. The van der Waals surface area contributed by atoms with Gasteiger partial charge in [-0.05, 0) is 34.4 Å². The van der Waals surface area contributed by atoms with Crippen LogP contribution in [0.5, 0.6) is 5.88 Å². The molecule has 1 heterocycles. The lowest BCUT2D eigenvalue weighted by molar-refractivity contribution is -0.109. The maximum atomic E-state index is 12.7. The van der Waals surface area contributed by atoms with Crippen molar-refractivity contribution in [3.8, 4) is 5.88 Å². The summed E-state index contributed by atoms with van der Waals surface area (Å²) in [5.74, 6) is 0.0434. The zero-order valence-electron chi connectivity index (χ0n) is 17.9. The van der Waals surface area contributed by atoms with E-state index in [2.05, 4.69) is 0 Å². The summed E-state index contributed by atoms with van der Waals surface area (Å²) in [6, 6.07) is 27.8. The molecule has 1 aliphatic rings. The molecule has 5 rings (SSSR count). The van der Waals surface area contributed by atoms with Crippen LogP contribution in [-0.2, 0) is 17.9 Å². The number of carbonyl (C=O) groups excluding carboxylic acids is 1. The summed E-state index contributed by atoms with van der Waals surface area (Å²) in [6.45, 7) is 1.00. The highest BCUT2D eigenvalue weighted by atomic mass is 32.1. The zero-order valence-corrected chi connectivity index (χ0v) is 18.7. The Hall–Kier alpha value is -3.96. The Kier molecular flexibility index (Phi) is 5.87. The highest BCUT2D eigenvalue weighted by molar-refractivity contribution is 7.10. The van der Waals surface area contributed by atoms with Crippen molar-refractivity contribution in [1.29, 1.82) is 0 Å². The van der Waals surface area contributed by atoms with Crippen LogP contribution in [0.25, 0.3) is 17.7 Å². The number of fused-ring (bicyclic) bond motifs is 1. The minimum absolute atomic E-state index is 0.0705. The molecule has 3 aromatic carbocycles. The van der Waals surface area contributed by atoms with Gasteiger partial charge in [0.15, 0.2) is 10.6 Å². The molecule has 0 saturated heterocycles. The van der Waals surface area contributed by atoms with Crippen molar-refractivity contribution >= 4 is 34.8 Å². The van der Waals surface area contributed by atoms with Gasteiger partial charge in [-0.25, -0.2) is 0 Å². The van der Waals surface area contributed by atoms with Crippen molar-refractivity contribution < 1.29 is 9.90 Å². The summed E-state index contributed by atoms with van der Waals surface area (Å²) in [7, 11) is 0.